The van der Waals surface area contributed by atoms with Crippen LogP contribution in [0.4, 0.5) is 0 Å². The van der Waals surface area contributed by atoms with Crippen molar-refractivity contribution < 1.29 is 39.4 Å². The molecule has 81 heavy (non-hydrogen) atoms. The van der Waals surface area contributed by atoms with Gasteiger partial charge in [-0.2, -0.15) is 0 Å². The predicted molar refractivity (Wildman–Crippen MR) is 322 cm³/mol. The minimum absolute atomic E-state index is 0.212. The molecule has 9 aliphatic rings. The van der Waals surface area contributed by atoms with Crippen LogP contribution in [0.3, 0.4) is 0 Å². The zero-order valence-electron chi connectivity index (χ0n) is 51.4. The van der Waals surface area contributed by atoms with E-state index >= 15 is 0 Å². The van der Waals surface area contributed by atoms with E-state index in [-0.39, 0.29) is 24.4 Å². The molecule has 0 aromatic heterocycles. The van der Waals surface area contributed by atoms with E-state index in [1.165, 1.54) is 103 Å². The van der Waals surface area contributed by atoms with Gasteiger partial charge in [0.2, 0.25) is 0 Å². The lowest BCUT2D eigenvalue weighted by molar-refractivity contribution is -0.0464. The topological polar surface area (TPSA) is 214 Å². The largest absolute Gasteiger partial charge is 0.376 e. The van der Waals surface area contributed by atoms with Crippen LogP contribution in [0.25, 0.3) is 0 Å². The van der Waals surface area contributed by atoms with Gasteiger partial charge >= 0.3 is 0 Å². The Bertz CT molecular complexity index is 1630. The van der Waals surface area contributed by atoms with Crippen molar-refractivity contribution in [3.8, 4) is 0 Å². The molecule has 0 aromatic rings. The van der Waals surface area contributed by atoms with E-state index in [0.29, 0.717) is 122 Å². The van der Waals surface area contributed by atoms with Crippen LogP contribution in [0, 0.1) is 47.3 Å². The molecule has 0 amide bonds. The lowest BCUT2D eigenvalue weighted by atomic mass is 9.72. The maximum absolute atomic E-state index is 10.7. The molecule has 4 aliphatic carbocycles. The number of rotatable bonds is 29. The van der Waals surface area contributed by atoms with Gasteiger partial charge in [0.15, 0.2) is 0 Å². The van der Waals surface area contributed by atoms with Gasteiger partial charge in [0.25, 0.3) is 0 Å². The second kappa shape index (κ2) is 33.6. The molecule has 16 nitrogen and oxygen atoms in total. The van der Waals surface area contributed by atoms with Crippen molar-refractivity contribution in [2.75, 3.05) is 53.1 Å². The Hall–Kier alpha value is -0.640. The molecule has 9 rings (SSSR count). The normalized spacial score (nSPS) is 41.0. The van der Waals surface area contributed by atoms with Crippen LogP contribution in [0.2, 0.25) is 0 Å². The van der Waals surface area contributed by atoms with Crippen molar-refractivity contribution in [3.63, 3.8) is 0 Å². The first-order valence-corrected chi connectivity index (χ1v) is 34.7. The van der Waals surface area contributed by atoms with Crippen LogP contribution < -0.4 is 42.5 Å². The van der Waals surface area contributed by atoms with Crippen molar-refractivity contribution >= 4 is 0 Å². The number of hydrogen-bond acceptors (Lipinski definition) is 16. The SMILES string of the molecule is CCCCNC(O)COC1CCC(C2C3CCC(N3)C(C3CCC(OCC(O)NC)CC3)C3CCC(N3)C(C3CCC(OCC(O)NCCCC)CC3)C3CCC(N3)C(C3CCC(OCC(O)NCCCC)CC3)C3CCC2N3)CC1. The van der Waals surface area contributed by atoms with Crippen LogP contribution in [-0.4, -0.2) is 171 Å². The van der Waals surface area contributed by atoms with Gasteiger partial charge in [-0.25, -0.2) is 0 Å². The Morgan fingerprint density at radius 3 is 0.728 bits per heavy atom. The van der Waals surface area contributed by atoms with E-state index in [2.05, 4.69) is 63.3 Å². The highest BCUT2D eigenvalue weighted by Crippen LogP contribution is 2.49. The third-order valence-corrected chi connectivity index (χ3v) is 22.7. The Balaban J connectivity index is 0.955. The molecule has 14 atom stereocenters. The molecule has 8 bridgehead atoms. The molecule has 5 aliphatic heterocycles. The van der Waals surface area contributed by atoms with E-state index in [1.807, 2.05) is 0 Å². The third kappa shape index (κ3) is 18.5. The van der Waals surface area contributed by atoms with Gasteiger partial charge < -0.3 is 60.6 Å². The number of hydrogen-bond donors (Lipinski definition) is 12. The molecule has 0 spiro atoms. The number of nitrogens with one attached hydrogen (secondary N) is 8. The molecule has 470 valence electrons. The highest BCUT2D eigenvalue weighted by atomic mass is 16.5. The number of likely N-dealkylation sites (N-methyl/N-ethyl adjacent to an activating group) is 1. The van der Waals surface area contributed by atoms with Crippen molar-refractivity contribution in [1.82, 2.24) is 42.5 Å². The first-order valence-electron chi connectivity index (χ1n) is 34.7. The van der Waals surface area contributed by atoms with E-state index in [0.717, 1.165) is 110 Å². The smallest absolute Gasteiger partial charge is 0.128 e. The van der Waals surface area contributed by atoms with E-state index in [9.17, 15) is 20.4 Å². The molecular weight excluding hydrogens is 1020 g/mol. The van der Waals surface area contributed by atoms with E-state index in [4.69, 9.17) is 18.9 Å². The number of aliphatic hydroxyl groups excluding tert-OH is 4. The average molecular weight is 1140 g/mol. The summed E-state index contributed by atoms with van der Waals surface area (Å²) in [5, 5.41) is 73.7. The molecule has 0 aromatic carbocycles. The van der Waals surface area contributed by atoms with Crippen molar-refractivity contribution in [2.45, 2.75) is 311 Å². The Kier molecular flexibility index (Phi) is 26.9. The quantitative estimate of drug-likeness (QED) is 0.0271. The molecule has 12 N–H and O–H groups in total. The van der Waals surface area contributed by atoms with Crippen LogP contribution in [0.15, 0.2) is 0 Å². The lowest BCUT2D eigenvalue weighted by Crippen LogP contribution is -2.57. The fourth-order valence-corrected chi connectivity index (χ4v) is 18.4. The molecule has 4 saturated carbocycles. The molecule has 5 saturated heterocycles. The molecule has 9 fully saturated rings. The Labute approximate surface area is 491 Å². The highest BCUT2D eigenvalue weighted by molar-refractivity contribution is 5.10. The van der Waals surface area contributed by atoms with Crippen LogP contribution in [0.5, 0.6) is 0 Å². The second-order valence-corrected chi connectivity index (χ2v) is 27.9. The predicted octanol–water partition coefficient (Wildman–Crippen LogP) is 6.91. The van der Waals surface area contributed by atoms with E-state index in [1.54, 1.807) is 7.05 Å². The average Bonchev–Trinajstić information content (AvgIpc) is 4.53. The van der Waals surface area contributed by atoms with Crippen molar-refractivity contribution in [2.24, 2.45) is 47.3 Å². The van der Waals surface area contributed by atoms with Gasteiger partial charge in [0, 0.05) is 48.3 Å². The minimum Gasteiger partial charge on any atom is -0.376 e. The highest BCUT2D eigenvalue weighted by Gasteiger charge is 2.53. The standard InChI is InChI=1S/C65H122N8O8/c1-5-8-35-67-59(75)39-79-47-21-13-43(14-22-47)63-52-29-27-50(70-52)62(42-11-19-46(20-12-42)78-38-58(74)66-4)51-28-30-53(71-51)64(44-15-23-48(24-16-44)80-40-60(76)68-36-9-6-2)55-32-34-57(73-55)65(56-33-31-54(63)72-56)45-17-25-49(26-18-45)81-41-61(77)69-37-10-7-3/h42-77H,5-41H2,1-4H3. The molecule has 0 radical (unpaired) electrons. The van der Waals surface area contributed by atoms with Gasteiger partial charge in [-0.15, -0.1) is 0 Å². The minimum atomic E-state index is -0.623. The summed E-state index contributed by atoms with van der Waals surface area (Å²) in [6, 6.07) is 3.88. The number of aliphatic hydroxyl groups is 4. The molecule has 16 heteroatoms. The second-order valence-electron chi connectivity index (χ2n) is 27.9. The Morgan fingerprint density at radius 1 is 0.321 bits per heavy atom. The summed E-state index contributed by atoms with van der Waals surface area (Å²) >= 11 is 0. The summed E-state index contributed by atoms with van der Waals surface area (Å²) in [4.78, 5) is 0. The first-order chi connectivity index (χ1) is 39.6. The van der Waals surface area contributed by atoms with Gasteiger partial charge in [-0.3, -0.25) is 21.3 Å². The number of fused-ring (bicyclic) bond motifs is 8. The molecule has 14 unspecified atom stereocenters. The first kappa shape index (κ1) is 64.8. The summed E-state index contributed by atoms with van der Waals surface area (Å²) < 4.78 is 25.7. The third-order valence-electron chi connectivity index (χ3n) is 22.7. The van der Waals surface area contributed by atoms with Crippen molar-refractivity contribution in [3.05, 3.63) is 0 Å². The number of unbranched alkanes of at least 4 members (excludes halogenated alkanes) is 3. The van der Waals surface area contributed by atoms with Gasteiger partial charge in [-0.05, 0) is 247 Å². The lowest BCUT2D eigenvalue weighted by Gasteiger charge is -2.45. The summed E-state index contributed by atoms with van der Waals surface area (Å²) in [6.45, 7) is 10.5. The maximum Gasteiger partial charge on any atom is 0.128 e. The Morgan fingerprint density at radius 2 is 0.531 bits per heavy atom. The zero-order chi connectivity index (χ0) is 56.5. The summed E-state index contributed by atoms with van der Waals surface area (Å²) in [7, 11) is 1.80. The number of ether oxygens (including phenoxy) is 4. The monoisotopic (exact) mass is 1140 g/mol. The zero-order valence-corrected chi connectivity index (χ0v) is 51.4. The van der Waals surface area contributed by atoms with Crippen LogP contribution >= 0.6 is 0 Å². The summed E-state index contributed by atoms with van der Waals surface area (Å²) in [6.07, 6.45) is 33.1. The molecular formula is C65H122N8O8. The van der Waals surface area contributed by atoms with Gasteiger partial charge in [0.1, 0.15) is 24.9 Å². The van der Waals surface area contributed by atoms with Crippen LogP contribution in [-0.2, 0) is 18.9 Å². The van der Waals surface area contributed by atoms with Crippen molar-refractivity contribution in [1.29, 1.82) is 0 Å². The summed E-state index contributed by atoms with van der Waals surface area (Å²) in [5.41, 5.74) is 0. The van der Waals surface area contributed by atoms with Gasteiger partial charge in [-0.1, -0.05) is 40.0 Å². The summed E-state index contributed by atoms with van der Waals surface area (Å²) in [5.74, 6) is 4.82. The fourth-order valence-electron chi connectivity index (χ4n) is 18.4. The van der Waals surface area contributed by atoms with Gasteiger partial charge in [0.05, 0.1) is 50.8 Å². The van der Waals surface area contributed by atoms with E-state index < -0.39 is 24.9 Å². The van der Waals surface area contributed by atoms with Crippen LogP contribution in [0.1, 0.15) is 213 Å². The fraction of sp³-hybridized carbons (Fsp3) is 1.00. The molecule has 5 heterocycles. The maximum atomic E-state index is 10.7.